The van der Waals surface area contributed by atoms with Gasteiger partial charge in [0.05, 0.1) is 25.4 Å². The van der Waals surface area contributed by atoms with Crippen LogP contribution in [0.3, 0.4) is 0 Å². The van der Waals surface area contributed by atoms with Crippen LogP contribution in [0.2, 0.25) is 0 Å². The number of aliphatic hydroxyl groups is 1. The Morgan fingerprint density at radius 1 is 1.05 bits per heavy atom. The number of H-pyrrole nitrogens is 1. The minimum absolute atomic E-state index is 0.0444. The van der Waals surface area contributed by atoms with Gasteiger partial charge < -0.3 is 24.5 Å². The van der Waals surface area contributed by atoms with E-state index in [1.54, 1.807) is 7.11 Å². The zero-order chi connectivity index (χ0) is 29.1. The molecule has 0 saturated heterocycles. The first-order valence-corrected chi connectivity index (χ1v) is 14.5. The van der Waals surface area contributed by atoms with Crippen molar-refractivity contribution in [1.82, 2.24) is 14.8 Å². The third-order valence-corrected chi connectivity index (χ3v) is 7.14. The molecule has 7 heteroatoms. The van der Waals surface area contributed by atoms with Crippen LogP contribution in [0.4, 0.5) is 0 Å². The average molecular weight is 552 g/mol. The van der Waals surface area contributed by atoms with Crippen molar-refractivity contribution in [3.63, 3.8) is 0 Å². The highest BCUT2D eigenvalue weighted by molar-refractivity contribution is 5.83. The topological polar surface area (TPSA) is 78.0 Å². The maximum Gasteiger partial charge on any atom is 0.237 e. The predicted molar refractivity (Wildman–Crippen MR) is 163 cm³/mol. The molecule has 1 heterocycles. The minimum atomic E-state index is -0.664. The number of amides is 1. The van der Waals surface area contributed by atoms with Gasteiger partial charge in [-0.15, -0.1) is 0 Å². The molecule has 0 aliphatic rings. The lowest BCUT2D eigenvalue weighted by Gasteiger charge is -2.29. The molecule has 3 rings (SSSR count). The van der Waals surface area contributed by atoms with Gasteiger partial charge in [0.15, 0.2) is 0 Å². The van der Waals surface area contributed by atoms with E-state index in [0.29, 0.717) is 32.8 Å². The molecule has 1 atom stereocenters. The molecule has 2 N–H and O–H groups in total. The van der Waals surface area contributed by atoms with Crippen molar-refractivity contribution in [2.75, 3.05) is 46.5 Å². The van der Waals surface area contributed by atoms with Gasteiger partial charge in [-0.1, -0.05) is 63.2 Å². The largest absolute Gasteiger partial charge is 0.389 e. The number of hydrogen-bond donors (Lipinski definition) is 2. The molecule has 3 aromatic rings. The van der Waals surface area contributed by atoms with Gasteiger partial charge in [0.25, 0.3) is 0 Å². The number of fused-ring (bicyclic) bond motifs is 1. The van der Waals surface area contributed by atoms with Crippen LogP contribution in [-0.2, 0) is 32.6 Å². The predicted octanol–water partition coefficient (Wildman–Crippen LogP) is 5.16. The summed E-state index contributed by atoms with van der Waals surface area (Å²) in [6, 6.07) is 16.9. The first-order valence-electron chi connectivity index (χ1n) is 14.5. The number of hydrogen-bond acceptors (Lipinski definition) is 5. The number of aliphatic hydroxyl groups excluding tert-OH is 1. The summed E-state index contributed by atoms with van der Waals surface area (Å²) >= 11 is 0. The van der Waals surface area contributed by atoms with E-state index in [9.17, 15) is 9.90 Å². The second kappa shape index (κ2) is 15.3. The van der Waals surface area contributed by atoms with Crippen LogP contribution in [0.1, 0.15) is 57.7 Å². The number of nitrogens with one attached hydrogen (secondary N) is 1. The van der Waals surface area contributed by atoms with E-state index in [-0.39, 0.29) is 30.6 Å². The molecule has 0 spiro atoms. The zero-order valence-corrected chi connectivity index (χ0v) is 25.3. The lowest BCUT2D eigenvalue weighted by molar-refractivity contribution is -0.133. The van der Waals surface area contributed by atoms with Crippen LogP contribution in [0.5, 0.6) is 0 Å². The van der Waals surface area contributed by atoms with Gasteiger partial charge in [-0.2, -0.15) is 0 Å². The molecule has 7 nitrogen and oxygen atoms in total. The molecule has 0 bridgehead atoms. The number of ether oxygens (including phenoxy) is 2. The molecule has 0 radical (unpaired) electrons. The Morgan fingerprint density at radius 2 is 1.77 bits per heavy atom. The summed E-state index contributed by atoms with van der Waals surface area (Å²) in [7, 11) is 1.68. The van der Waals surface area contributed by atoms with Crippen molar-refractivity contribution in [2.24, 2.45) is 0 Å². The maximum atomic E-state index is 13.8. The van der Waals surface area contributed by atoms with Crippen LogP contribution in [-0.4, -0.2) is 84.5 Å². The van der Waals surface area contributed by atoms with Gasteiger partial charge in [0, 0.05) is 57.0 Å². The van der Waals surface area contributed by atoms with Gasteiger partial charge in [-0.3, -0.25) is 9.69 Å². The molecular weight excluding hydrogens is 502 g/mol. The number of aromatic amines is 1. The van der Waals surface area contributed by atoms with Crippen LogP contribution in [0, 0.1) is 0 Å². The fraction of sp³-hybridized carbons (Fsp3) is 0.545. The highest BCUT2D eigenvalue weighted by Crippen LogP contribution is 2.23. The fourth-order valence-corrected chi connectivity index (χ4v) is 4.83. The third kappa shape index (κ3) is 10.0. The Kier molecular flexibility index (Phi) is 12.2. The van der Waals surface area contributed by atoms with Gasteiger partial charge in [0.1, 0.15) is 0 Å². The van der Waals surface area contributed by atoms with Crippen LogP contribution in [0.25, 0.3) is 10.9 Å². The molecule has 40 heavy (non-hydrogen) atoms. The number of para-hydroxylation sites is 1. The van der Waals surface area contributed by atoms with E-state index < -0.39 is 6.10 Å². The van der Waals surface area contributed by atoms with Crippen LogP contribution in [0.15, 0.2) is 54.7 Å². The molecule has 1 amide bonds. The van der Waals surface area contributed by atoms with Crippen molar-refractivity contribution >= 4 is 16.8 Å². The Morgan fingerprint density at radius 3 is 2.45 bits per heavy atom. The summed E-state index contributed by atoms with van der Waals surface area (Å²) in [5, 5.41) is 11.8. The summed E-state index contributed by atoms with van der Waals surface area (Å²) < 4.78 is 10.9. The van der Waals surface area contributed by atoms with Gasteiger partial charge in [0.2, 0.25) is 5.91 Å². The number of methoxy groups -OCH3 is 1. The van der Waals surface area contributed by atoms with E-state index in [2.05, 4.69) is 62.2 Å². The first-order chi connectivity index (χ1) is 19.1. The number of aromatic nitrogens is 1. The van der Waals surface area contributed by atoms with Gasteiger partial charge in [-0.05, 0) is 54.9 Å². The number of rotatable bonds is 16. The van der Waals surface area contributed by atoms with Crippen molar-refractivity contribution in [3.05, 3.63) is 71.4 Å². The molecule has 1 aromatic heterocycles. The second-order valence-corrected chi connectivity index (χ2v) is 12.0. The lowest BCUT2D eigenvalue weighted by Crippen LogP contribution is -2.44. The van der Waals surface area contributed by atoms with Crippen LogP contribution >= 0.6 is 0 Å². The summed E-state index contributed by atoms with van der Waals surface area (Å²) in [6.45, 7) is 13.8. The smallest absolute Gasteiger partial charge is 0.237 e. The normalized spacial score (nSPS) is 12.9. The second-order valence-electron chi connectivity index (χ2n) is 12.0. The molecule has 0 unspecified atom stereocenters. The highest BCUT2D eigenvalue weighted by Gasteiger charge is 2.21. The van der Waals surface area contributed by atoms with E-state index >= 15 is 0 Å². The standard InChI is InChI=1S/C33H49N3O4/c1-25(2)40-24-29(37)22-35(17-9-19-39-6)23-32(38)36(21-26-12-14-28(15-13-26)33(3,4)5)18-16-27-20-34-31-11-8-7-10-30(27)31/h7-8,10-15,20,25,29,34,37H,9,16-19,21-24H2,1-6H3/t29-/m0/s1. The first kappa shape index (κ1) is 31.8. The monoisotopic (exact) mass is 551 g/mol. The van der Waals surface area contributed by atoms with E-state index in [1.165, 1.54) is 16.5 Å². The molecule has 2 aromatic carbocycles. The molecule has 0 fully saturated rings. The summed E-state index contributed by atoms with van der Waals surface area (Å²) in [5.74, 6) is 0.0501. The Hall–Kier alpha value is -2.71. The Labute approximate surface area is 240 Å². The van der Waals surface area contributed by atoms with Crippen molar-refractivity contribution in [3.8, 4) is 0 Å². The zero-order valence-electron chi connectivity index (χ0n) is 25.3. The Bertz CT molecular complexity index is 1170. The summed E-state index contributed by atoms with van der Waals surface area (Å²) in [5.41, 5.74) is 4.77. The minimum Gasteiger partial charge on any atom is -0.389 e. The van der Waals surface area contributed by atoms with E-state index in [0.717, 1.165) is 23.9 Å². The van der Waals surface area contributed by atoms with Crippen molar-refractivity contribution < 1.29 is 19.4 Å². The van der Waals surface area contributed by atoms with E-state index in [1.807, 2.05) is 42.0 Å². The lowest BCUT2D eigenvalue weighted by atomic mass is 9.87. The van der Waals surface area contributed by atoms with Gasteiger partial charge in [-0.25, -0.2) is 0 Å². The average Bonchev–Trinajstić information content (AvgIpc) is 3.32. The molecular formula is C33H49N3O4. The molecule has 0 aliphatic carbocycles. The molecule has 0 saturated carbocycles. The fourth-order valence-electron chi connectivity index (χ4n) is 4.83. The highest BCUT2D eigenvalue weighted by atomic mass is 16.5. The molecule has 0 aliphatic heterocycles. The van der Waals surface area contributed by atoms with Gasteiger partial charge >= 0.3 is 0 Å². The number of carbonyl (C=O) groups excluding carboxylic acids is 1. The maximum absolute atomic E-state index is 13.8. The third-order valence-electron chi connectivity index (χ3n) is 7.14. The van der Waals surface area contributed by atoms with E-state index in [4.69, 9.17) is 9.47 Å². The SMILES string of the molecule is COCCCN(CC(=O)N(CCc1c[nH]c2ccccc12)Cc1ccc(C(C)(C)C)cc1)C[C@H](O)COC(C)C. The number of benzene rings is 2. The quantitative estimate of drug-likeness (QED) is 0.241. The molecule has 220 valence electrons. The summed E-state index contributed by atoms with van der Waals surface area (Å²) in [6.07, 6.45) is 2.97. The van der Waals surface area contributed by atoms with Crippen molar-refractivity contribution in [2.45, 2.75) is 71.6 Å². The van der Waals surface area contributed by atoms with Crippen molar-refractivity contribution in [1.29, 1.82) is 0 Å². The Balaban J connectivity index is 1.76. The number of carbonyl (C=O) groups is 1. The number of nitrogens with zero attached hydrogens (tertiary/aromatic N) is 2. The summed E-state index contributed by atoms with van der Waals surface area (Å²) in [4.78, 5) is 21.1. The van der Waals surface area contributed by atoms with Crippen LogP contribution < -0.4 is 0 Å².